The topological polar surface area (TPSA) is 96.6 Å². The maximum Gasteiger partial charge on any atom is 0.243 e. The van der Waals surface area contributed by atoms with Crippen LogP contribution in [0.15, 0.2) is 51.2 Å². The largest absolute Gasteiger partial charge is 0.337 e. The molecule has 0 spiro atoms. The fraction of sp³-hybridized carbons (Fsp3) is 0.278. The van der Waals surface area contributed by atoms with Crippen LogP contribution in [0.4, 0.5) is 5.69 Å². The Bertz CT molecular complexity index is 1080. The molecular weight excluding hydrogens is 400 g/mol. The molecule has 10 heteroatoms. The van der Waals surface area contributed by atoms with Crippen molar-refractivity contribution in [2.24, 2.45) is 0 Å². The summed E-state index contributed by atoms with van der Waals surface area (Å²) in [6.07, 6.45) is 1.35. The molecule has 1 aromatic carbocycles. The molecule has 1 amide bonds. The summed E-state index contributed by atoms with van der Waals surface area (Å²) in [5, 5.41) is 5.80. The Labute approximate surface area is 166 Å². The lowest BCUT2D eigenvalue weighted by Gasteiger charge is -2.18. The Morgan fingerprint density at radius 1 is 1.25 bits per heavy atom. The van der Waals surface area contributed by atoms with E-state index in [2.05, 4.69) is 10.1 Å². The van der Waals surface area contributed by atoms with E-state index in [9.17, 15) is 13.2 Å². The number of hydrogen-bond donors (Lipinski definition) is 0. The number of sulfonamides is 1. The standard InChI is InChI=1S/C18H18N4O4S2/c1-21(12-16-19-18(20-26-16)15-4-3-11-27-15)28(24,25)14-8-6-13(7-9-14)22-10-2-5-17(22)23/h3-4,6-9,11H,2,5,10,12H2,1H3. The molecule has 1 aliphatic rings. The maximum atomic E-state index is 12.8. The van der Waals surface area contributed by atoms with Gasteiger partial charge in [-0.1, -0.05) is 11.2 Å². The maximum absolute atomic E-state index is 12.8. The number of benzene rings is 1. The van der Waals surface area contributed by atoms with Crippen molar-refractivity contribution in [1.29, 1.82) is 0 Å². The second kappa shape index (κ2) is 7.46. The highest BCUT2D eigenvalue weighted by Crippen LogP contribution is 2.25. The van der Waals surface area contributed by atoms with E-state index >= 15 is 0 Å². The summed E-state index contributed by atoms with van der Waals surface area (Å²) in [5.74, 6) is 0.717. The third kappa shape index (κ3) is 3.58. The Morgan fingerprint density at radius 2 is 2.04 bits per heavy atom. The highest BCUT2D eigenvalue weighted by molar-refractivity contribution is 7.89. The van der Waals surface area contributed by atoms with E-state index in [1.807, 2.05) is 17.5 Å². The summed E-state index contributed by atoms with van der Waals surface area (Å²) in [7, 11) is -2.27. The Balaban J connectivity index is 1.49. The second-order valence-corrected chi connectivity index (χ2v) is 9.39. The lowest BCUT2D eigenvalue weighted by molar-refractivity contribution is -0.117. The van der Waals surface area contributed by atoms with Crippen LogP contribution in [0.3, 0.4) is 0 Å². The first-order valence-corrected chi connectivity index (χ1v) is 11.0. The molecule has 0 radical (unpaired) electrons. The molecule has 0 N–H and O–H groups in total. The van der Waals surface area contributed by atoms with Crippen LogP contribution in [0.5, 0.6) is 0 Å². The minimum atomic E-state index is -3.73. The first-order valence-electron chi connectivity index (χ1n) is 8.68. The number of carbonyl (C=O) groups excluding carboxylic acids is 1. The smallest absolute Gasteiger partial charge is 0.243 e. The van der Waals surface area contributed by atoms with Gasteiger partial charge >= 0.3 is 0 Å². The first kappa shape index (κ1) is 18.8. The highest BCUT2D eigenvalue weighted by atomic mass is 32.2. The summed E-state index contributed by atoms with van der Waals surface area (Å²) < 4.78 is 32.0. The van der Waals surface area contributed by atoms with Crippen LogP contribution in [-0.2, 0) is 21.4 Å². The number of nitrogens with zero attached hydrogens (tertiary/aromatic N) is 4. The van der Waals surface area contributed by atoms with Gasteiger partial charge in [0.1, 0.15) is 0 Å². The minimum absolute atomic E-state index is 0.0347. The zero-order valence-corrected chi connectivity index (χ0v) is 16.7. The second-order valence-electron chi connectivity index (χ2n) is 6.39. The van der Waals surface area contributed by atoms with Crippen LogP contribution >= 0.6 is 11.3 Å². The predicted octanol–water partition coefficient (Wildman–Crippen LogP) is 2.75. The van der Waals surface area contributed by atoms with Crippen molar-refractivity contribution in [1.82, 2.24) is 14.4 Å². The van der Waals surface area contributed by atoms with Crippen molar-refractivity contribution in [2.45, 2.75) is 24.3 Å². The van der Waals surface area contributed by atoms with Gasteiger partial charge in [-0.2, -0.15) is 9.29 Å². The fourth-order valence-corrected chi connectivity index (χ4v) is 4.77. The number of anilines is 1. The number of aromatic nitrogens is 2. The number of amides is 1. The fourth-order valence-electron chi connectivity index (χ4n) is 3.00. The van der Waals surface area contributed by atoms with Gasteiger partial charge in [0.2, 0.25) is 27.6 Å². The monoisotopic (exact) mass is 418 g/mol. The van der Waals surface area contributed by atoms with Gasteiger partial charge in [-0.25, -0.2) is 8.42 Å². The number of carbonyl (C=O) groups is 1. The van der Waals surface area contributed by atoms with Crippen LogP contribution in [0.25, 0.3) is 10.7 Å². The molecule has 0 aliphatic carbocycles. The van der Waals surface area contributed by atoms with Crippen LogP contribution in [0.1, 0.15) is 18.7 Å². The molecule has 0 atom stereocenters. The van der Waals surface area contributed by atoms with Crippen molar-refractivity contribution in [2.75, 3.05) is 18.5 Å². The van der Waals surface area contributed by atoms with E-state index in [0.29, 0.717) is 24.5 Å². The zero-order chi connectivity index (χ0) is 19.7. The Kier molecular flexibility index (Phi) is 5.00. The van der Waals surface area contributed by atoms with Crippen molar-refractivity contribution >= 4 is 33.0 Å². The molecule has 146 valence electrons. The van der Waals surface area contributed by atoms with E-state index in [0.717, 1.165) is 15.6 Å². The summed E-state index contributed by atoms with van der Waals surface area (Å²) in [4.78, 5) is 18.8. The number of hydrogen-bond acceptors (Lipinski definition) is 7. The summed E-state index contributed by atoms with van der Waals surface area (Å²) >= 11 is 1.48. The van der Waals surface area contributed by atoms with Crippen LogP contribution in [0.2, 0.25) is 0 Å². The van der Waals surface area contributed by atoms with Crippen molar-refractivity contribution in [3.05, 3.63) is 47.7 Å². The van der Waals surface area contributed by atoms with Gasteiger partial charge in [0, 0.05) is 25.7 Å². The lowest BCUT2D eigenvalue weighted by Crippen LogP contribution is -2.27. The molecule has 3 heterocycles. The molecule has 2 aromatic heterocycles. The van der Waals surface area contributed by atoms with Gasteiger partial charge in [0.15, 0.2) is 0 Å². The molecular formula is C18H18N4O4S2. The molecule has 8 nitrogen and oxygen atoms in total. The zero-order valence-electron chi connectivity index (χ0n) is 15.1. The third-order valence-electron chi connectivity index (χ3n) is 4.50. The Hall–Kier alpha value is -2.56. The van der Waals surface area contributed by atoms with Crippen molar-refractivity contribution < 1.29 is 17.7 Å². The van der Waals surface area contributed by atoms with Crippen molar-refractivity contribution in [3.8, 4) is 10.7 Å². The van der Waals surface area contributed by atoms with Gasteiger partial charge in [-0.15, -0.1) is 11.3 Å². The minimum Gasteiger partial charge on any atom is -0.337 e. The molecule has 1 aliphatic heterocycles. The van der Waals surface area contributed by atoms with Crippen LogP contribution in [0, 0.1) is 0 Å². The van der Waals surface area contributed by atoms with E-state index in [4.69, 9.17) is 4.52 Å². The number of rotatable bonds is 6. The van der Waals surface area contributed by atoms with Gasteiger partial charge in [-0.3, -0.25) is 4.79 Å². The quantitative estimate of drug-likeness (QED) is 0.611. The summed E-state index contributed by atoms with van der Waals surface area (Å²) in [5.41, 5.74) is 0.710. The molecule has 0 bridgehead atoms. The molecule has 28 heavy (non-hydrogen) atoms. The SMILES string of the molecule is CN(Cc1nc(-c2cccs2)no1)S(=O)(=O)c1ccc(N2CCCC2=O)cc1. The molecule has 3 aromatic rings. The van der Waals surface area contributed by atoms with Gasteiger partial charge < -0.3 is 9.42 Å². The average molecular weight is 419 g/mol. The van der Waals surface area contributed by atoms with E-state index < -0.39 is 10.0 Å². The molecule has 1 saturated heterocycles. The van der Waals surface area contributed by atoms with Gasteiger partial charge in [-0.05, 0) is 42.1 Å². The Morgan fingerprint density at radius 3 is 2.68 bits per heavy atom. The van der Waals surface area contributed by atoms with E-state index in [1.165, 1.54) is 30.5 Å². The molecule has 4 rings (SSSR count). The van der Waals surface area contributed by atoms with E-state index in [1.54, 1.807) is 17.0 Å². The molecule has 1 fully saturated rings. The number of thiophene rings is 1. The molecule has 0 unspecified atom stereocenters. The van der Waals surface area contributed by atoms with Crippen LogP contribution < -0.4 is 4.90 Å². The van der Waals surface area contributed by atoms with Crippen molar-refractivity contribution in [3.63, 3.8) is 0 Å². The summed E-state index contributed by atoms with van der Waals surface area (Å²) in [6, 6.07) is 10.1. The normalized spacial score (nSPS) is 14.9. The molecule has 0 saturated carbocycles. The average Bonchev–Trinajstić information content (AvgIpc) is 3.43. The third-order valence-corrected chi connectivity index (χ3v) is 7.18. The lowest BCUT2D eigenvalue weighted by atomic mass is 10.3. The summed E-state index contributed by atoms with van der Waals surface area (Å²) in [6.45, 7) is 0.627. The first-order chi connectivity index (χ1) is 13.4. The highest BCUT2D eigenvalue weighted by Gasteiger charge is 2.25. The van der Waals surface area contributed by atoms with E-state index in [-0.39, 0.29) is 23.2 Å². The van der Waals surface area contributed by atoms with Gasteiger partial charge in [0.25, 0.3) is 0 Å². The van der Waals surface area contributed by atoms with Gasteiger partial charge in [0.05, 0.1) is 16.3 Å². The van der Waals surface area contributed by atoms with Crippen LogP contribution in [-0.4, -0.2) is 42.4 Å². The predicted molar refractivity (Wildman–Crippen MR) is 104 cm³/mol.